The number of hydrogen-bond donors (Lipinski definition) is 1. The maximum Gasteiger partial charge on any atom is 0.217 e. The first-order valence-corrected chi connectivity index (χ1v) is 9.47. The zero-order valence-corrected chi connectivity index (χ0v) is 16.4. The standard InChI is InChI=1S/C23H20ClN3O/c1-15-6-8-17(9-7-15)22-23(27-14-4-3-5-20(27)26-22)21(25-16(2)28)18-10-12-19(24)13-11-18/h3-14,21H,1-2H3,(H,25,28). The zero-order valence-electron chi connectivity index (χ0n) is 15.7. The summed E-state index contributed by atoms with van der Waals surface area (Å²) >= 11 is 6.08. The number of imidazole rings is 1. The van der Waals surface area contributed by atoms with E-state index in [0.717, 1.165) is 28.2 Å². The average Bonchev–Trinajstić information content (AvgIpc) is 3.06. The third-order valence-electron chi connectivity index (χ3n) is 4.72. The molecule has 4 nitrogen and oxygen atoms in total. The molecule has 1 N–H and O–H groups in total. The van der Waals surface area contributed by atoms with Crippen molar-refractivity contribution >= 4 is 23.2 Å². The van der Waals surface area contributed by atoms with Crippen LogP contribution in [0.2, 0.25) is 5.02 Å². The number of carbonyl (C=O) groups excluding carboxylic acids is 1. The summed E-state index contributed by atoms with van der Waals surface area (Å²) in [5, 5.41) is 3.74. The Morgan fingerprint density at radius 2 is 1.75 bits per heavy atom. The molecule has 0 saturated carbocycles. The molecular weight excluding hydrogens is 370 g/mol. The van der Waals surface area contributed by atoms with Gasteiger partial charge in [0.2, 0.25) is 5.91 Å². The predicted molar refractivity (Wildman–Crippen MR) is 112 cm³/mol. The van der Waals surface area contributed by atoms with Crippen LogP contribution in [-0.2, 0) is 4.79 Å². The van der Waals surface area contributed by atoms with Gasteiger partial charge in [0.1, 0.15) is 5.65 Å². The Morgan fingerprint density at radius 1 is 1.04 bits per heavy atom. The van der Waals surface area contributed by atoms with Gasteiger partial charge in [0.25, 0.3) is 0 Å². The Balaban J connectivity index is 1.97. The summed E-state index contributed by atoms with van der Waals surface area (Å²) in [5.41, 5.74) is 5.73. The summed E-state index contributed by atoms with van der Waals surface area (Å²) in [5.74, 6) is -0.110. The van der Waals surface area contributed by atoms with Gasteiger partial charge in [-0.15, -0.1) is 0 Å². The topological polar surface area (TPSA) is 46.4 Å². The molecule has 0 radical (unpaired) electrons. The van der Waals surface area contributed by atoms with Crippen LogP contribution in [0.25, 0.3) is 16.9 Å². The minimum atomic E-state index is -0.358. The SMILES string of the molecule is CC(=O)NC(c1ccc(Cl)cc1)c1c(-c2ccc(C)cc2)nc2ccccn12. The van der Waals surface area contributed by atoms with Gasteiger partial charge in [-0.1, -0.05) is 59.6 Å². The number of aryl methyl sites for hydroxylation is 1. The van der Waals surface area contributed by atoms with E-state index in [1.54, 1.807) is 0 Å². The zero-order chi connectivity index (χ0) is 19.7. The first-order chi connectivity index (χ1) is 13.5. The quantitative estimate of drug-likeness (QED) is 0.522. The van der Waals surface area contributed by atoms with Crippen molar-refractivity contribution in [3.63, 3.8) is 0 Å². The Morgan fingerprint density at radius 3 is 2.43 bits per heavy atom. The fourth-order valence-electron chi connectivity index (χ4n) is 3.38. The van der Waals surface area contributed by atoms with Crippen LogP contribution in [0.3, 0.4) is 0 Å². The number of hydrogen-bond acceptors (Lipinski definition) is 2. The molecule has 1 atom stereocenters. The lowest BCUT2D eigenvalue weighted by Gasteiger charge is -2.20. The van der Waals surface area contributed by atoms with E-state index < -0.39 is 0 Å². The molecule has 0 aliphatic heterocycles. The summed E-state index contributed by atoms with van der Waals surface area (Å²) < 4.78 is 2.03. The van der Waals surface area contributed by atoms with Crippen LogP contribution < -0.4 is 5.32 Å². The van der Waals surface area contributed by atoms with Crippen molar-refractivity contribution in [2.24, 2.45) is 0 Å². The van der Waals surface area contributed by atoms with Crippen LogP contribution in [-0.4, -0.2) is 15.3 Å². The van der Waals surface area contributed by atoms with Crippen molar-refractivity contribution in [1.29, 1.82) is 0 Å². The Labute approximate surface area is 168 Å². The number of nitrogens with zero attached hydrogens (tertiary/aromatic N) is 2. The molecule has 0 aliphatic carbocycles. The normalized spacial score (nSPS) is 12.1. The van der Waals surface area contributed by atoms with E-state index in [4.69, 9.17) is 16.6 Å². The smallest absolute Gasteiger partial charge is 0.217 e. The molecule has 4 aromatic rings. The molecule has 0 bridgehead atoms. The third kappa shape index (κ3) is 3.51. The highest BCUT2D eigenvalue weighted by atomic mass is 35.5. The van der Waals surface area contributed by atoms with Gasteiger partial charge in [0, 0.05) is 23.7 Å². The van der Waals surface area contributed by atoms with Crippen LogP contribution in [0.15, 0.2) is 72.9 Å². The fraction of sp³-hybridized carbons (Fsp3) is 0.130. The molecule has 1 amide bonds. The highest BCUT2D eigenvalue weighted by Gasteiger charge is 2.25. The van der Waals surface area contributed by atoms with Crippen molar-refractivity contribution in [2.75, 3.05) is 0 Å². The van der Waals surface area contributed by atoms with Gasteiger partial charge in [-0.25, -0.2) is 4.98 Å². The number of amides is 1. The number of halogens is 1. The van der Waals surface area contributed by atoms with E-state index >= 15 is 0 Å². The molecule has 0 spiro atoms. The monoisotopic (exact) mass is 389 g/mol. The maximum absolute atomic E-state index is 12.1. The number of nitrogens with one attached hydrogen (secondary N) is 1. The van der Waals surface area contributed by atoms with E-state index in [1.807, 2.05) is 53.1 Å². The lowest BCUT2D eigenvalue weighted by Crippen LogP contribution is -2.28. The molecule has 0 aliphatic rings. The number of carbonyl (C=O) groups is 1. The summed E-state index contributed by atoms with van der Waals surface area (Å²) in [7, 11) is 0. The second-order valence-electron chi connectivity index (χ2n) is 6.83. The summed E-state index contributed by atoms with van der Waals surface area (Å²) in [6, 6.07) is 21.3. The number of rotatable bonds is 4. The second kappa shape index (κ2) is 7.49. The van der Waals surface area contributed by atoms with E-state index in [9.17, 15) is 4.79 Å². The lowest BCUT2D eigenvalue weighted by atomic mass is 9.98. The number of benzene rings is 2. The molecule has 1 unspecified atom stereocenters. The van der Waals surface area contributed by atoms with E-state index in [1.165, 1.54) is 12.5 Å². The van der Waals surface area contributed by atoms with Gasteiger partial charge in [0.05, 0.1) is 17.4 Å². The molecule has 140 valence electrons. The lowest BCUT2D eigenvalue weighted by molar-refractivity contribution is -0.119. The van der Waals surface area contributed by atoms with Crippen molar-refractivity contribution in [2.45, 2.75) is 19.9 Å². The first kappa shape index (κ1) is 18.3. The summed E-state index contributed by atoms with van der Waals surface area (Å²) in [6.45, 7) is 3.58. The fourth-order valence-corrected chi connectivity index (χ4v) is 3.51. The van der Waals surface area contributed by atoms with Gasteiger partial charge >= 0.3 is 0 Å². The summed E-state index contributed by atoms with van der Waals surface area (Å²) in [6.07, 6.45) is 1.97. The highest BCUT2D eigenvalue weighted by molar-refractivity contribution is 6.30. The Hall–Kier alpha value is -3.11. The molecular formula is C23H20ClN3O. The number of aromatic nitrogens is 2. The van der Waals surface area contributed by atoms with E-state index in [2.05, 4.69) is 36.5 Å². The molecule has 2 heterocycles. The minimum Gasteiger partial charge on any atom is -0.344 e. The first-order valence-electron chi connectivity index (χ1n) is 9.09. The highest BCUT2D eigenvalue weighted by Crippen LogP contribution is 2.33. The molecule has 4 rings (SSSR count). The van der Waals surface area contributed by atoms with Gasteiger partial charge in [-0.05, 0) is 36.8 Å². The Bertz CT molecular complexity index is 1130. The molecule has 28 heavy (non-hydrogen) atoms. The van der Waals surface area contributed by atoms with Crippen molar-refractivity contribution in [3.8, 4) is 11.3 Å². The molecule has 5 heteroatoms. The number of fused-ring (bicyclic) bond motifs is 1. The van der Waals surface area contributed by atoms with Gasteiger partial charge < -0.3 is 9.72 Å². The minimum absolute atomic E-state index is 0.110. The van der Waals surface area contributed by atoms with Crippen LogP contribution in [0, 0.1) is 6.92 Å². The molecule has 0 fully saturated rings. The third-order valence-corrected chi connectivity index (χ3v) is 4.97. The van der Waals surface area contributed by atoms with Crippen LogP contribution in [0.1, 0.15) is 29.8 Å². The molecule has 2 aromatic heterocycles. The second-order valence-corrected chi connectivity index (χ2v) is 7.26. The molecule has 2 aromatic carbocycles. The maximum atomic E-state index is 12.1. The van der Waals surface area contributed by atoms with Crippen LogP contribution >= 0.6 is 11.6 Å². The van der Waals surface area contributed by atoms with Crippen LogP contribution in [0.5, 0.6) is 0 Å². The largest absolute Gasteiger partial charge is 0.344 e. The van der Waals surface area contributed by atoms with Gasteiger partial charge in [-0.3, -0.25) is 4.79 Å². The van der Waals surface area contributed by atoms with Gasteiger partial charge in [-0.2, -0.15) is 0 Å². The van der Waals surface area contributed by atoms with Crippen molar-refractivity contribution < 1.29 is 4.79 Å². The average molecular weight is 390 g/mol. The number of pyridine rings is 1. The van der Waals surface area contributed by atoms with Gasteiger partial charge in [0.15, 0.2) is 0 Å². The van der Waals surface area contributed by atoms with E-state index in [-0.39, 0.29) is 11.9 Å². The van der Waals surface area contributed by atoms with Crippen molar-refractivity contribution in [1.82, 2.24) is 14.7 Å². The van der Waals surface area contributed by atoms with E-state index in [0.29, 0.717) is 5.02 Å². The summed E-state index contributed by atoms with van der Waals surface area (Å²) in [4.78, 5) is 16.9. The Kier molecular flexibility index (Phi) is 4.88. The van der Waals surface area contributed by atoms with Crippen LogP contribution in [0.4, 0.5) is 0 Å². The predicted octanol–water partition coefficient (Wildman–Crippen LogP) is 5.19. The van der Waals surface area contributed by atoms with Crippen molar-refractivity contribution in [3.05, 3.63) is 94.8 Å². The molecule has 0 saturated heterocycles.